The van der Waals surface area contributed by atoms with E-state index in [2.05, 4.69) is 63.9 Å². The number of pyridine rings is 1. The van der Waals surface area contributed by atoms with Crippen LogP contribution in [0.1, 0.15) is 52.8 Å². The van der Waals surface area contributed by atoms with E-state index in [0.717, 1.165) is 31.9 Å². The van der Waals surface area contributed by atoms with Gasteiger partial charge in [-0.15, -0.1) is 0 Å². The van der Waals surface area contributed by atoms with Crippen molar-refractivity contribution in [3.8, 4) is 0 Å². The summed E-state index contributed by atoms with van der Waals surface area (Å²) in [5.74, 6) is 1.80. The molecule has 1 aromatic heterocycles. The number of aryl methyl sites for hydroxylation is 1. The van der Waals surface area contributed by atoms with E-state index < -0.39 is 0 Å². The molecule has 3 nitrogen and oxygen atoms in total. The Morgan fingerprint density at radius 1 is 1.15 bits per heavy atom. The molecule has 0 saturated heterocycles. The van der Waals surface area contributed by atoms with Crippen LogP contribution in [0.3, 0.4) is 0 Å². The molecule has 0 fully saturated rings. The summed E-state index contributed by atoms with van der Waals surface area (Å²) >= 11 is 0. The summed E-state index contributed by atoms with van der Waals surface area (Å²) < 4.78 is 0. The number of anilines is 1. The minimum Gasteiger partial charge on any atom is -0.354 e. The van der Waals surface area contributed by atoms with E-state index in [0.29, 0.717) is 12.0 Å². The Morgan fingerprint density at radius 3 is 2.35 bits per heavy atom. The number of nitrogens with one attached hydrogen (secondary N) is 1. The zero-order valence-corrected chi connectivity index (χ0v) is 14.0. The zero-order chi connectivity index (χ0) is 15.1. The molecule has 0 radical (unpaired) electrons. The van der Waals surface area contributed by atoms with Crippen molar-refractivity contribution < 1.29 is 0 Å². The number of hydrogen-bond donors (Lipinski definition) is 1. The molecule has 0 saturated carbocycles. The van der Waals surface area contributed by atoms with Gasteiger partial charge >= 0.3 is 0 Å². The Balaban J connectivity index is 2.90. The number of hydrogen-bond acceptors (Lipinski definition) is 3. The highest BCUT2D eigenvalue weighted by atomic mass is 15.2. The molecule has 1 aromatic rings. The van der Waals surface area contributed by atoms with Crippen LogP contribution in [0.15, 0.2) is 12.1 Å². The molecule has 0 aliphatic carbocycles. The molecule has 0 atom stereocenters. The fraction of sp³-hybridized carbons (Fsp3) is 0.706. The Bertz CT molecular complexity index is 399. The summed E-state index contributed by atoms with van der Waals surface area (Å²) in [6.45, 7) is 16.3. The van der Waals surface area contributed by atoms with Gasteiger partial charge in [0.05, 0.1) is 0 Å². The second-order valence-electron chi connectivity index (χ2n) is 6.08. The average molecular weight is 277 g/mol. The Kier molecular flexibility index (Phi) is 7.00. The van der Waals surface area contributed by atoms with Crippen LogP contribution in [0, 0.1) is 5.92 Å². The first-order valence-electron chi connectivity index (χ1n) is 7.95. The molecule has 0 aromatic carbocycles. The van der Waals surface area contributed by atoms with Gasteiger partial charge in [0.1, 0.15) is 5.82 Å². The molecule has 1 N–H and O–H groups in total. The van der Waals surface area contributed by atoms with E-state index in [1.54, 1.807) is 0 Å². The molecular weight excluding hydrogens is 246 g/mol. The van der Waals surface area contributed by atoms with Gasteiger partial charge in [-0.05, 0) is 57.4 Å². The van der Waals surface area contributed by atoms with Crippen molar-refractivity contribution in [2.45, 2.75) is 60.5 Å². The second-order valence-corrected chi connectivity index (χ2v) is 6.08. The van der Waals surface area contributed by atoms with E-state index in [1.807, 2.05) is 0 Å². The highest BCUT2D eigenvalue weighted by molar-refractivity contribution is 5.43. The van der Waals surface area contributed by atoms with Gasteiger partial charge in [0, 0.05) is 24.8 Å². The zero-order valence-electron chi connectivity index (χ0n) is 14.0. The summed E-state index contributed by atoms with van der Waals surface area (Å²) in [5.41, 5.74) is 2.52. The molecule has 1 heterocycles. The molecule has 0 unspecified atom stereocenters. The topological polar surface area (TPSA) is 28.2 Å². The monoisotopic (exact) mass is 277 g/mol. The van der Waals surface area contributed by atoms with E-state index >= 15 is 0 Å². The van der Waals surface area contributed by atoms with Crippen LogP contribution in [0.25, 0.3) is 0 Å². The molecule has 20 heavy (non-hydrogen) atoms. The fourth-order valence-corrected chi connectivity index (χ4v) is 2.36. The van der Waals surface area contributed by atoms with Gasteiger partial charge in [-0.3, -0.25) is 0 Å². The Hall–Kier alpha value is -1.09. The maximum atomic E-state index is 4.79. The predicted molar refractivity (Wildman–Crippen MR) is 88.3 cm³/mol. The maximum absolute atomic E-state index is 4.79. The molecule has 0 aliphatic rings. The van der Waals surface area contributed by atoms with Gasteiger partial charge in [-0.2, -0.15) is 0 Å². The highest BCUT2D eigenvalue weighted by Crippen LogP contribution is 2.18. The third-order valence-corrected chi connectivity index (χ3v) is 3.43. The molecule has 0 aliphatic heterocycles. The largest absolute Gasteiger partial charge is 0.354 e. The van der Waals surface area contributed by atoms with E-state index in [9.17, 15) is 0 Å². The Labute approximate surface area is 124 Å². The van der Waals surface area contributed by atoms with Crippen LogP contribution >= 0.6 is 0 Å². The molecule has 0 spiro atoms. The minimum atomic E-state index is 0.482. The number of aromatic nitrogens is 1. The smallest absolute Gasteiger partial charge is 0.129 e. The van der Waals surface area contributed by atoms with Gasteiger partial charge in [0.25, 0.3) is 0 Å². The summed E-state index contributed by atoms with van der Waals surface area (Å²) in [5, 5.41) is 3.52. The van der Waals surface area contributed by atoms with Crippen molar-refractivity contribution in [3.05, 3.63) is 23.4 Å². The van der Waals surface area contributed by atoms with Gasteiger partial charge in [0.2, 0.25) is 0 Å². The van der Waals surface area contributed by atoms with Crippen LogP contribution in [0.5, 0.6) is 0 Å². The Morgan fingerprint density at radius 2 is 1.85 bits per heavy atom. The third-order valence-electron chi connectivity index (χ3n) is 3.43. The summed E-state index contributed by atoms with van der Waals surface area (Å²) in [7, 11) is 0. The van der Waals surface area contributed by atoms with Crippen molar-refractivity contribution in [3.63, 3.8) is 0 Å². The van der Waals surface area contributed by atoms with Crippen LogP contribution in [0.4, 0.5) is 5.82 Å². The van der Waals surface area contributed by atoms with Gasteiger partial charge in [0.15, 0.2) is 0 Å². The van der Waals surface area contributed by atoms with E-state index in [1.165, 1.54) is 11.3 Å². The SMILES string of the molecule is CCc1cc(CNCC(C)C)cc(N(CC)C(C)C)n1. The first kappa shape index (κ1) is 17.0. The van der Waals surface area contributed by atoms with Crippen molar-refractivity contribution >= 4 is 5.82 Å². The van der Waals surface area contributed by atoms with Crippen LogP contribution in [-0.4, -0.2) is 24.1 Å². The van der Waals surface area contributed by atoms with Gasteiger partial charge in [-0.1, -0.05) is 20.8 Å². The maximum Gasteiger partial charge on any atom is 0.129 e. The first-order valence-corrected chi connectivity index (χ1v) is 7.95. The normalized spacial score (nSPS) is 11.4. The lowest BCUT2D eigenvalue weighted by Crippen LogP contribution is -2.31. The standard InChI is InChI=1S/C17H31N3/c1-7-16-9-15(12-18-11-13(3)4)10-17(19-16)20(8-2)14(5)6/h9-10,13-14,18H,7-8,11-12H2,1-6H3. The molecule has 3 heteroatoms. The van der Waals surface area contributed by atoms with Crippen molar-refractivity contribution in [2.75, 3.05) is 18.0 Å². The number of rotatable bonds is 8. The van der Waals surface area contributed by atoms with Crippen LogP contribution in [-0.2, 0) is 13.0 Å². The van der Waals surface area contributed by atoms with Crippen molar-refractivity contribution in [2.24, 2.45) is 5.92 Å². The molecular formula is C17H31N3. The summed E-state index contributed by atoms with van der Waals surface area (Å²) in [6.07, 6.45) is 0.987. The number of nitrogens with zero attached hydrogens (tertiary/aromatic N) is 2. The lowest BCUT2D eigenvalue weighted by Gasteiger charge is -2.27. The molecule has 0 amide bonds. The summed E-state index contributed by atoms with van der Waals surface area (Å²) in [4.78, 5) is 7.14. The van der Waals surface area contributed by atoms with Crippen LogP contribution < -0.4 is 10.2 Å². The van der Waals surface area contributed by atoms with Crippen molar-refractivity contribution in [1.29, 1.82) is 0 Å². The average Bonchev–Trinajstić information content (AvgIpc) is 2.38. The molecule has 1 rings (SSSR count). The predicted octanol–water partition coefficient (Wildman–Crippen LogP) is 3.62. The van der Waals surface area contributed by atoms with E-state index in [4.69, 9.17) is 4.98 Å². The lowest BCUT2D eigenvalue weighted by molar-refractivity contribution is 0.552. The van der Waals surface area contributed by atoms with Gasteiger partial charge < -0.3 is 10.2 Å². The minimum absolute atomic E-state index is 0.482. The second kappa shape index (κ2) is 8.25. The fourth-order valence-electron chi connectivity index (χ4n) is 2.36. The third kappa shape index (κ3) is 5.12. The molecule has 114 valence electrons. The first-order chi connectivity index (χ1) is 9.47. The van der Waals surface area contributed by atoms with Crippen LogP contribution in [0.2, 0.25) is 0 Å². The van der Waals surface area contributed by atoms with Crippen molar-refractivity contribution in [1.82, 2.24) is 10.3 Å². The van der Waals surface area contributed by atoms with E-state index in [-0.39, 0.29) is 0 Å². The highest BCUT2D eigenvalue weighted by Gasteiger charge is 2.11. The quantitative estimate of drug-likeness (QED) is 0.786. The molecule has 0 bridgehead atoms. The van der Waals surface area contributed by atoms with Gasteiger partial charge in [-0.25, -0.2) is 4.98 Å². The lowest BCUT2D eigenvalue weighted by atomic mass is 10.1. The summed E-state index contributed by atoms with van der Waals surface area (Å²) in [6, 6.07) is 4.94.